The first-order valence-corrected chi connectivity index (χ1v) is 9.49. The number of nitrogens with zero attached hydrogens (tertiary/aromatic N) is 4. The zero-order chi connectivity index (χ0) is 23.8. The van der Waals surface area contributed by atoms with Crippen LogP contribution in [-0.2, 0) is 6.18 Å². The van der Waals surface area contributed by atoms with Crippen molar-refractivity contribution in [2.75, 3.05) is 11.1 Å². The Labute approximate surface area is 183 Å². The molecule has 170 valence electrons. The molecule has 4 rings (SSSR count). The number of fused-ring (bicyclic) bond motifs is 1. The second-order valence-electron chi connectivity index (χ2n) is 7.04. The molecule has 10 nitrogen and oxygen atoms in total. The normalized spacial score (nSPS) is 15.8. The molecule has 13 heteroatoms. The summed E-state index contributed by atoms with van der Waals surface area (Å²) < 4.78 is 39.5. The number of carbonyl (C=O) groups is 2. The molecule has 0 aromatic carbocycles. The van der Waals surface area contributed by atoms with E-state index in [1.165, 1.54) is 16.6 Å². The van der Waals surface area contributed by atoms with Gasteiger partial charge in [0.2, 0.25) is 0 Å². The molecular weight excluding hydrogens is 443 g/mol. The number of nitrogens with two attached hydrogens (primary N) is 1. The number of hydrogen-bond donors (Lipinski definition) is 4. The van der Waals surface area contributed by atoms with Crippen LogP contribution in [-0.4, -0.2) is 36.7 Å². The van der Waals surface area contributed by atoms with Crippen LogP contribution in [0.2, 0.25) is 0 Å². The van der Waals surface area contributed by atoms with E-state index in [-0.39, 0.29) is 23.2 Å². The van der Waals surface area contributed by atoms with Crippen LogP contribution in [0, 0.1) is 0 Å². The molecule has 33 heavy (non-hydrogen) atoms. The number of halogens is 3. The largest absolute Gasteiger partial charge is 0.477 e. The van der Waals surface area contributed by atoms with Crippen LogP contribution in [0.15, 0.2) is 54.5 Å². The molecule has 5 N–H and O–H groups in total. The summed E-state index contributed by atoms with van der Waals surface area (Å²) in [4.78, 5) is 31.0. The van der Waals surface area contributed by atoms with Crippen molar-refractivity contribution in [2.45, 2.75) is 18.5 Å². The Kier molecular flexibility index (Phi) is 5.45. The summed E-state index contributed by atoms with van der Waals surface area (Å²) in [6.07, 6.45) is 1.95. The monoisotopic (exact) mass is 459 g/mol. The number of nitrogen functional groups attached to an aromatic ring is 1. The molecule has 0 bridgehead atoms. The van der Waals surface area contributed by atoms with Crippen molar-refractivity contribution in [3.05, 3.63) is 71.5 Å². The molecule has 1 aliphatic carbocycles. The van der Waals surface area contributed by atoms with E-state index >= 15 is 0 Å². The number of urea groups is 1. The van der Waals surface area contributed by atoms with Gasteiger partial charge in [0, 0.05) is 11.6 Å². The fraction of sp³-hybridized carbons (Fsp3) is 0.150. The average molecular weight is 459 g/mol. The number of carbonyl (C=O) groups excluding carboxylic acids is 1. The van der Waals surface area contributed by atoms with Crippen molar-refractivity contribution >= 4 is 29.2 Å². The predicted molar refractivity (Wildman–Crippen MR) is 110 cm³/mol. The van der Waals surface area contributed by atoms with Crippen LogP contribution in [0.5, 0.6) is 0 Å². The van der Waals surface area contributed by atoms with Crippen LogP contribution in [0.25, 0.3) is 5.52 Å². The summed E-state index contributed by atoms with van der Waals surface area (Å²) >= 11 is 0. The molecule has 0 spiro atoms. The van der Waals surface area contributed by atoms with Crippen LogP contribution >= 0.6 is 0 Å². The van der Waals surface area contributed by atoms with Crippen molar-refractivity contribution in [3.63, 3.8) is 0 Å². The number of anilines is 2. The molecule has 3 heterocycles. The van der Waals surface area contributed by atoms with Gasteiger partial charge in [-0.1, -0.05) is 18.2 Å². The minimum Gasteiger partial charge on any atom is -0.477 e. The van der Waals surface area contributed by atoms with Gasteiger partial charge in [0.05, 0.1) is 0 Å². The number of pyridine rings is 1. The Bertz CT molecular complexity index is 1310. The smallest absolute Gasteiger partial charge is 0.433 e. The number of hydrogen-bond acceptors (Lipinski definition) is 6. The summed E-state index contributed by atoms with van der Waals surface area (Å²) in [6, 6.07) is 3.88. The Balaban J connectivity index is 1.47. The molecular formula is C20H16F3N7O3. The molecule has 0 fully saturated rings. The lowest BCUT2D eigenvalue weighted by atomic mass is 9.92. The highest BCUT2D eigenvalue weighted by atomic mass is 19.4. The number of aromatic carboxylic acids is 1. The third-order valence-electron chi connectivity index (χ3n) is 4.87. The molecule has 3 aromatic heterocycles. The van der Waals surface area contributed by atoms with E-state index in [0.29, 0.717) is 23.2 Å². The first kappa shape index (κ1) is 21.8. The van der Waals surface area contributed by atoms with E-state index < -0.39 is 23.9 Å². The number of carboxylic acids is 1. The number of carboxylic acid groups (broad SMARTS) is 1. The molecule has 0 aliphatic heterocycles. The predicted octanol–water partition coefficient (Wildman–Crippen LogP) is 3.17. The SMILES string of the molecule is Nc1ncnn2c(C(=O)O)cc(C3C=CC(NC(=O)Nc4cccc(C(F)(F)F)n4)=CC3)c12. The highest BCUT2D eigenvalue weighted by molar-refractivity contribution is 5.91. The number of amides is 2. The van der Waals surface area contributed by atoms with Gasteiger partial charge in [0.25, 0.3) is 0 Å². The molecule has 1 unspecified atom stereocenters. The minimum absolute atomic E-state index is 0.0663. The first-order chi connectivity index (χ1) is 15.6. The molecule has 0 saturated heterocycles. The molecule has 3 aromatic rings. The van der Waals surface area contributed by atoms with Gasteiger partial charge in [0.1, 0.15) is 23.4 Å². The van der Waals surface area contributed by atoms with Crippen LogP contribution in [0.4, 0.5) is 29.6 Å². The van der Waals surface area contributed by atoms with Gasteiger partial charge in [-0.15, -0.1) is 0 Å². The molecule has 0 saturated carbocycles. The Morgan fingerprint density at radius 2 is 2.03 bits per heavy atom. The standard InChI is InChI=1S/C20H16F3N7O3/c21-20(22,23)14-2-1-3-15(28-14)29-19(33)27-11-6-4-10(5-7-11)12-8-13(18(31)32)30-16(12)17(24)25-9-26-30/h1-4,6-10H,5H2,(H,31,32)(H2,24,25,26)(H2,27,28,29,33). The van der Waals surface area contributed by atoms with Crippen molar-refractivity contribution in [2.24, 2.45) is 0 Å². The van der Waals surface area contributed by atoms with Gasteiger partial charge in [-0.3, -0.25) is 5.32 Å². The molecule has 1 atom stereocenters. The van der Waals surface area contributed by atoms with Crippen molar-refractivity contribution < 1.29 is 27.9 Å². The van der Waals surface area contributed by atoms with Gasteiger partial charge in [-0.05, 0) is 36.3 Å². The lowest BCUT2D eigenvalue weighted by Gasteiger charge is -2.17. The van der Waals surface area contributed by atoms with Crippen LogP contribution < -0.4 is 16.4 Å². The van der Waals surface area contributed by atoms with Crippen LogP contribution in [0.3, 0.4) is 0 Å². The van der Waals surface area contributed by atoms with Gasteiger partial charge < -0.3 is 16.2 Å². The van der Waals surface area contributed by atoms with Gasteiger partial charge >= 0.3 is 18.2 Å². The van der Waals surface area contributed by atoms with E-state index in [4.69, 9.17) is 5.73 Å². The lowest BCUT2D eigenvalue weighted by molar-refractivity contribution is -0.141. The molecule has 2 amide bonds. The van der Waals surface area contributed by atoms with E-state index in [1.54, 1.807) is 18.2 Å². The summed E-state index contributed by atoms with van der Waals surface area (Å²) in [6.45, 7) is 0. The average Bonchev–Trinajstić information content (AvgIpc) is 3.15. The Morgan fingerprint density at radius 3 is 2.70 bits per heavy atom. The number of aromatic nitrogens is 4. The highest BCUT2D eigenvalue weighted by Gasteiger charge is 2.32. The zero-order valence-corrected chi connectivity index (χ0v) is 16.7. The quantitative estimate of drug-likeness (QED) is 0.468. The number of alkyl halides is 3. The van der Waals surface area contributed by atoms with E-state index in [2.05, 4.69) is 25.7 Å². The fourth-order valence-corrected chi connectivity index (χ4v) is 3.42. The second-order valence-corrected chi connectivity index (χ2v) is 7.04. The van der Waals surface area contributed by atoms with E-state index in [0.717, 1.165) is 18.5 Å². The Morgan fingerprint density at radius 1 is 1.24 bits per heavy atom. The molecule has 1 aliphatic rings. The summed E-state index contributed by atoms with van der Waals surface area (Å²) in [5.41, 5.74) is 6.14. The minimum atomic E-state index is -4.63. The second kappa shape index (κ2) is 8.26. The van der Waals surface area contributed by atoms with E-state index in [9.17, 15) is 27.9 Å². The summed E-state index contributed by atoms with van der Waals surface area (Å²) in [7, 11) is 0. The Hall–Kier alpha value is -4.42. The third kappa shape index (κ3) is 4.46. The highest BCUT2D eigenvalue weighted by Crippen LogP contribution is 2.33. The van der Waals surface area contributed by atoms with Crippen molar-refractivity contribution in [3.8, 4) is 0 Å². The topological polar surface area (TPSA) is 148 Å². The van der Waals surface area contributed by atoms with Gasteiger partial charge in [-0.25, -0.2) is 24.1 Å². The fourth-order valence-electron chi connectivity index (χ4n) is 3.42. The zero-order valence-electron chi connectivity index (χ0n) is 16.7. The van der Waals surface area contributed by atoms with Crippen LogP contribution in [0.1, 0.15) is 34.1 Å². The maximum absolute atomic E-state index is 12.8. The summed E-state index contributed by atoms with van der Waals surface area (Å²) in [5.74, 6) is -1.56. The maximum Gasteiger partial charge on any atom is 0.433 e. The van der Waals surface area contributed by atoms with Crippen molar-refractivity contribution in [1.82, 2.24) is 24.9 Å². The summed E-state index contributed by atoms with van der Waals surface area (Å²) in [5, 5.41) is 18.2. The van der Waals surface area contributed by atoms with E-state index in [1.807, 2.05) is 0 Å². The molecule has 0 radical (unpaired) electrons. The maximum atomic E-state index is 12.8. The lowest BCUT2D eigenvalue weighted by Crippen LogP contribution is -2.28. The van der Waals surface area contributed by atoms with Gasteiger partial charge in [-0.2, -0.15) is 18.3 Å². The number of nitrogens with one attached hydrogen (secondary N) is 2. The van der Waals surface area contributed by atoms with Crippen molar-refractivity contribution in [1.29, 1.82) is 0 Å². The number of allylic oxidation sites excluding steroid dienone is 3. The van der Waals surface area contributed by atoms with Gasteiger partial charge in [0.15, 0.2) is 11.5 Å². The number of rotatable bonds is 4. The first-order valence-electron chi connectivity index (χ1n) is 9.49. The third-order valence-corrected chi connectivity index (χ3v) is 4.87.